The van der Waals surface area contributed by atoms with Crippen LogP contribution in [0, 0.1) is 0 Å². The summed E-state index contributed by atoms with van der Waals surface area (Å²) in [6.45, 7) is 0. The van der Waals surface area contributed by atoms with Crippen LogP contribution in [0.15, 0.2) is 23.4 Å². The minimum absolute atomic E-state index is 0.0891. The van der Waals surface area contributed by atoms with Crippen molar-refractivity contribution in [2.45, 2.75) is 5.03 Å². The maximum absolute atomic E-state index is 11.7. The topological polar surface area (TPSA) is 76.3 Å². The fraction of sp³-hybridized carbons (Fsp3) is 0.333. The Bertz CT molecular complexity index is 393. The Kier molecular flexibility index (Phi) is 3.79. The fourth-order valence-corrected chi connectivity index (χ4v) is 2.03. The van der Waals surface area contributed by atoms with Gasteiger partial charge in [0.25, 0.3) is 0 Å². The number of carbonyl (C=O) groups excluding carboxylic acids is 1. The van der Waals surface area contributed by atoms with E-state index < -0.39 is 10.8 Å². The average Bonchev–Trinajstić information content (AvgIpc) is 2.18. The number of carbonyl (C=O) groups is 1. The van der Waals surface area contributed by atoms with Gasteiger partial charge in [0.15, 0.2) is 5.03 Å². The summed E-state index contributed by atoms with van der Waals surface area (Å²) in [5, 5.41) is 0.271. The first-order valence-corrected chi connectivity index (χ1v) is 5.63. The minimum Gasteiger partial charge on any atom is -0.396 e. The standard InChI is InChI=1S/C9H13N3O2S/c1-12(2)8(13)6-15(14)9-7(10)4-3-5-11-9/h3-5H,6,10H2,1-2H3. The Hall–Kier alpha value is -1.43. The molecule has 0 aromatic carbocycles. The maximum Gasteiger partial charge on any atom is 0.235 e. The molecule has 0 fully saturated rings. The highest BCUT2D eigenvalue weighted by molar-refractivity contribution is 7.85. The highest BCUT2D eigenvalue weighted by Crippen LogP contribution is 2.12. The Morgan fingerprint density at radius 2 is 2.27 bits per heavy atom. The zero-order valence-corrected chi connectivity index (χ0v) is 9.45. The second-order valence-corrected chi connectivity index (χ2v) is 4.54. The molecule has 0 bridgehead atoms. The summed E-state index contributed by atoms with van der Waals surface area (Å²) >= 11 is 0. The van der Waals surface area contributed by atoms with E-state index >= 15 is 0 Å². The molecule has 2 N–H and O–H groups in total. The SMILES string of the molecule is CN(C)C(=O)CS(=O)c1ncccc1N. The second kappa shape index (κ2) is 4.88. The van der Waals surface area contributed by atoms with Crippen molar-refractivity contribution in [3.63, 3.8) is 0 Å². The third kappa shape index (κ3) is 3.02. The van der Waals surface area contributed by atoms with Gasteiger partial charge in [-0.1, -0.05) is 0 Å². The smallest absolute Gasteiger partial charge is 0.235 e. The zero-order chi connectivity index (χ0) is 11.4. The first kappa shape index (κ1) is 11.6. The highest BCUT2D eigenvalue weighted by atomic mass is 32.2. The van der Waals surface area contributed by atoms with Crippen LogP contribution in [0.25, 0.3) is 0 Å². The third-order valence-electron chi connectivity index (χ3n) is 1.77. The minimum atomic E-state index is -1.47. The molecule has 15 heavy (non-hydrogen) atoms. The maximum atomic E-state index is 11.7. The van der Waals surface area contributed by atoms with Gasteiger partial charge in [-0.05, 0) is 12.1 Å². The number of amides is 1. The van der Waals surface area contributed by atoms with Gasteiger partial charge >= 0.3 is 0 Å². The van der Waals surface area contributed by atoms with Gasteiger partial charge in [-0.2, -0.15) is 0 Å². The number of nitrogens with two attached hydrogens (primary N) is 1. The summed E-state index contributed by atoms with van der Waals surface area (Å²) in [6, 6.07) is 3.27. The molecule has 1 unspecified atom stereocenters. The fourth-order valence-electron chi connectivity index (χ4n) is 0.903. The molecule has 1 aromatic heterocycles. The molecule has 6 heteroatoms. The third-order valence-corrected chi connectivity index (χ3v) is 3.05. The molecule has 82 valence electrons. The molecule has 5 nitrogen and oxygen atoms in total. The van der Waals surface area contributed by atoms with Gasteiger partial charge in [0.2, 0.25) is 5.91 Å². The summed E-state index contributed by atoms with van der Waals surface area (Å²) in [5.41, 5.74) is 5.94. The lowest BCUT2D eigenvalue weighted by atomic mass is 10.4. The summed E-state index contributed by atoms with van der Waals surface area (Å²) in [5.74, 6) is -0.299. The number of pyridine rings is 1. The quantitative estimate of drug-likeness (QED) is 0.779. The predicted octanol–water partition coefficient (Wildman–Crippen LogP) is -0.140. The molecule has 1 amide bonds. The van der Waals surface area contributed by atoms with Gasteiger partial charge in [-0.25, -0.2) is 4.98 Å². The molecule has 0 saturated carbocycles. The zero-order valence-electron chi connectivity index (χ0n) is 8.64. The highest BCUT2D eigenvalue weighted by Gasteiger charge is 2.14. The monoisotopic (exact) mass is 227 g/mol. The molecule has 1 aromatic rings. The normalized spacial score (nSPS) is 12.1. The molecule has 1 rings (SSSR count). The van der Waals surface area contributed by atoms with E-state index in [0.29, 0.717) is 5.69 Å². The van der Waals surface area contributed by atoms with Crippen molar-refractivity contribution in [1.29, 1.82) is 0 Å². The van der Waals surface area contributed by atoms with Crippen molar-refractivity contribution >= 4 is 22.4 Å². The molecule has 1 heterocycles. The molecule has 1 atom stereocenters. The van der Waals surface area contributed by atoms with Gasteiger partial charge < -0.3 is 10.6 Å². The Morgan fingerprint density at radius 3 is 2.80 bits per heavy atom. The van der Waals surface area contributed by atoms with Crippen LogP contribution in [0.5, 0.6) is 0 Å². The second-order valence-electron chi connectivity index (χ2n) is 3.18. The number of nitrogen functional groups attached to an aromatic ring is 1. The average molecular weight is 227 g/mol. The first-order chi connectivity index (χ1) is 7.02. The van der Waals surface area contributed by atoms with Crippen molar-refractivity contribution < 1.29 is 9.00 Å². The van der Waals surface area contributed by atoms with E-state index in [1.54, 1.807) is 26.2 Å². The molecule has 0 spiro atoms. The number of hydrogen-bond acceptors (Lipinski definition) is 4. The van der Waals surface area contributed by atoms with Crippen LogP contribution in [0.1, 0.15) is 0 Å². The molecule has 0 aliphatic rings. The van der Waals surface area contributed by atoms with Crippen LogP contribution < -0.4 is 5.73 Å². The van der Waals surface area contributed by atoms with Crippen LogP contribution >= 0.6 is 0 Å². The summed E-state index contributed by atoms with van der Waals surface area (Å²) in [6.07, 6.45) is 1.50. The van der Waals surface area contributed by atoms with E-state index in [9.17, 15) is 9.00 Å². The van der Waals surface area contributed by atoms with Gasteiger partial charge in [-0.3, -0.25) is 9.00 Å². The van der Waals surface area contributed by atoms with Crippen LogP contribution in [-0.4, -0.2) is 39.8 Å². The number of hydrogen-bond donors (Lipinski definition) is 1. The van der Waals surface area contributed by atoms with Gasteiger partial charge in [0, 0.05) is 20.3 Å². The first-order valence-electron chi connectivity index (χ1n) is 4.31. The summed E-state index contributed by atoms with van der Waals surface area (Å²) in [4.78, 5) is 16.6. The Morgan fingerprint density at radius 1 is 1.60 bits per heavy atom. The van der Waals surface area contributed by atoms with Gasteiger partial charge in [0.1, 0.15) is 5.75 Å². The van der Waals surface area contributed by atoms with Crippen molar-refractivity contribution in [1.82, 2.24) is 9.88 Å². The van der Waals surface area contributed by atoms with Crippen molar-refractivity contribution in [2.75, 3.05) is 25.6 Å². The van der Waals surface area contributed by atoms with E-state index in [1.807, 2.05) is 0 Å². The lowest BCUT2D eigenvalue weighted by Gasteiger charge is -2.09. The van der Waals surface area contributed by atoms with Gasteiger partial charge in [0.05, 0.1) is 16.5 Å². The van der Waals surface area contributed by atoms with Crippen molar-refractivity contribution in [2.24, 2.45) is 0 Å². The van der Waals surface area contributed by atoms with Gasteiger partial charge in [-0.15, -0.1) is 0 Å². The van der Waals surface area contributed by atoms with Crippen LogP contribution in [0.4, 0.5) is 5.69 Å². The lowest BCUT2D eigenvalue weighted by molar-refractivity contribution is -0.125. The van der Waals surface area contributed by atoms with Crippen LogP contribution in [0.3, 0.4) is 0 Å². The van der Waals surface area contributed by atoms with E-state index in [0.717, 1.165) is 0 Å². The number of nitrogens with zero attached hydrogens (tertiary/aromatic N) is 2. The summed E-state index contributed by atoms with van der Waals surface area (Å²) in [7, 11) is 1.75. The molecular formula is C9H13N3O2S. The summed E-state index contributed by atoms with van der Waals surface area (Å²) < 4.78 is 11.7. The van der Waals surface area contributed by atoms with E-state index in [-0.39, 0.29) is 16.7 Å². The number of rotatable bonds is 3. The van der Waals surface area contributed by atoms with Crippen molar-refractivity contribution in [3.8, 4) is 0 Å². The number of anilines is 1. The molecule has 0 aliphatic carbocycles. The predicted molar refractivity (Wildman–Crippen MR) is 58.6 cm³/mol. The Labute approximate surface area is 90.7 Å². The molecular weight excluding hydrogens is 214 g/mol. The van der Waals surface area contributed by atoms with Crippen LogP contribution in [-0.2, 0) is 15.6 Å². The Balaban J connectivity index is 2.79. The van der Waals surface area contributed by atoms with Crippen LogP contribution in [0.2, 0.25) is 0 Å². The largest absolute Gasteiger partial charge is 0.396 e. The van der Waals surface area contributed by atoms with E-state index in [1.165, 1.54) is 11.1 Å². The lowest BCUT2D eigenvalue weighted by Crippen LogP contribution is -2.27. The molecule has 0 saturated heterocycles. The molecule has 0 aliphatic heterocycles. The molecule has 0 radical (unpaired) electrons. The van der Waals surface area contributed by atoms with Crippen molar-refractivity contribution in [3.05, 3.63) is 18.3 Å². The van der Waals surface area contributed by atoms with E-state index in [2.05, 4.69) is 4.98 Å². The van der Waals surface area contributed by atoms with E-state index in [4.69, 9.17) is 5.73 Å². The number of aromatic nitrogens is 1.